The largest absolute Gasteiger partial charge is 0.491 e. The van der Waals surface area contributed by atoms with Crippen molar-refractivity contribution in [1.29, 1.82) is 5.26 Å². The Kier molecular flexibility index (Phi) is 7.03. The first-order valence-electron chi connectivity index (χ1n) is 12.5. The van der Waals surface area contributed by atoms with Gasteiger partial charge in [-0.05, 0) is 50.1 Å². The van der Waals surface area contributed by atoms with Crippen molar-refractivity contribution in [3.8, 4) is 11.8 Å². The van der Waals surface area contributed by atoms with E-state index in [4.69, 9.17) is 10.00 Å². The minimum absolute atomic E-state index is 0.0226. The van der Waals surface area contributed by atoms with Crippen LogP contribution in [0.5, 0.6) is 5.75 Å². The molecule has 2 aromatic heterocycles. The number of hydrogen-bond donors (Lipinski definition) is 1. The Bertz CT molecular complexity index is 1360. The number of nitrogens with one attached hydrogen (secondary N) is 1. The average Bonchev–Trinajstić information content (AvgIpc) is 3.42. The van der Waals surface area contributed by atoms with E-state index in [2.05, 4.69) is 31.1 Å². The highest BCUT2D eigenvalue weighted by Gasteiger charge is 2.28. The van der Waals surface area contributed by atoms with Crippen molar-refractivity contribution in [2.75, 3.05) is 49.1 Å². The van der Waals surface area contributed by atoms with Gasteiger partial charge >= 0.3 is 0 Å². The minimum atomic E-state index is -0.177. The van der Waals surface area contributed by atoms with E-state index in [0.29, 0.717) is 55.2 Å². The smallest absolute Gasteiger partial charge is 0.269 e. The van der Waals surface area contributed by atoms with Crippen LogP contribution in [0, 0.1) is 18.3 Å². The standard InChI is InChI=1S/C27H29N7O3/c1-19-24(17-30-31-26(19)35)34-9-3-5-22(34)18-37-23-6-2-4-21(14-23)27(36)33-12-10-32(11-13-33)25-8-7-20(15-28)16-29-25/h2,4,6-8,14,16-17,22H,3,5,9-13,18H2,1H3,(H,31,35). The van der Waals surface area contributed by atoms with Gasteiger partial charge in [-0.1, -0.05) is 6.07 Å². The van der Waals surface area contributed by atoms with Gasteiger partial charge in [0.15, 0.2) is 0 Å². The predicted molar refractivity (Wildman–Crippen MR) is 139 cm³/mol. The number of hydrogen-bond acceptors (Lipinski definition) is 8. The van der Waals surface area contributed by atoms with Crippen LogP contribution in [0.3, 0.4) is 0 Å². The SMILES string of the molecule is Cc1c(N2CCCC2COc2cccc(C(=O)N3CCN(c4ccc(C#N)cn4)CC3)c2)cn[nH]c1=O. The van der Waals surface area contributed by atoms with Gasteiger partial charge in [0.05, 0.1) is 23.5 Å². The summed E-state index contributed by atoms with van der Waals surface area (Å²) in [4.78, 5) is 35.7. The van der Waals surface area contributed by atoms with Crippen LogP contribution in [0.25, 0.3) is 0 Å². The zero-order chi connectivity index (χ0) is 25.8. The number of carbonyl (C=O) groups is 1. The quantitative estimate of drug-likeness (QED) is 0.549. The topological polar surface area (TPSA) is 118 Å². The molecule has 1 aromatic carbocycles. The molecular weight excluding hydrogens is 470 g/mol. The maximum atomic E-state index is 13.2. The van der Waals surface area contributed by atoms with Crippen LogP contribution in [0.15, 0.2) is 53.6 Å². The Morgan fingerprint density at radius 2 is 2.00 bits per heavy atom. The van der Waals surface area contributed by atoms with Gasteiger partial charge in [0.1, 0.15) is 24.2 Å². The first-order valence-corrected chi connectivity index (χ1v) is 12.5. The minimum Gasteiger partial charge on any atom is -0.491 e. The van der Waals surface area contributed by atoms with Gasteiger partial charge in [0, 0.05) is 50.0 Å². The van der Waals surface area contributed by atoms with Gasteiger partial charge in [0.25, 0.3) is 11.5 Å². The lowest BCUT2D eigenvalue weighted by Gasteiger charge is -2.35. The Hall–Kier alpha value is -4.39. The second-order valence-corrected chi connectivity index (χ2v) is 9.33. The molecule has 4 heterocycles. The fourth-order valence-electron chi connectivity index (χ4n) is 4.94. The Labute approximate surface area is 215 Å². The third-order valence-electron chi connectivity index (χ3n) is 7.06. The third kappa shape index (κ3) is 5.26. The van der Waals surface area contributed by atoms with Crippen molar-refractivity contribution >= 4 is 17.4 Å². The summed E-state index contributed by atoms with van der Waals surface area (Å²) >= 11 is 0. The Balaban J connectivity index is 1.18. The highest BCUT2D eigenvalue weighted by Crippen LogP contribution is 2.27. The second-order valence-electron chi connectivity index (χ2n) is 9.33. The lowest BCUT2D eigenvalue weighted by molar-refractivity contribution is 0.0746. The summed E-state index contributed by atoms with van der Waals surface area (Å²) in [6, 6.07) is 13.1. The molecule has 2 fully saturated rings. The number of carbonyl (C=O) groups excluding carboxylic acids is 1. The molecule has 1 atom stereocenters. The molecule has 37 heavy (non-hydrogen) atoms. The van der Waals surface area contributed by atoms with E-state index >= 15 is 0 Å². The number of H-pyrrole nitrogens is 1. The highest BCUT2D eigenvalue weighted by atomic mass is 16.5. The molecule has 1 N–H and O–H groups in total. The van der Waals surface area contributed by atoms with E-state index in [9.17, 15) is 9.59 Å². The summed E-state index contributed by atoms with van der Waals surface area (Å²) in [5.41, 5.74) is 2.45. The van der Waals surface area contributed by atoms with Gasteiger partial charge in [-0.2, -0.15) is 10.4 Å². The fourth-order valence-corrected chi connectivity index (χ4v) is 4.94. The van der Waals surface area contributed by atoms with Crippen molar-refractivity contribution in [1.82, 2.24) is 20.1 Å². The summed E-state index contributed by atoms with van der Waals surface area (Å²) in [5.74, 6) is 1.44. The van der Waals surface area contributed by atoms with E-state index in [1.165, 1.54) is 0 Å². The van der Waals surface area contributed by atoms with Gasteiger partial charge in [-0.15, -0.1) is 0 Å². The zero-order valence-corrected chi connectivity index (χ0v) is 20.8. The van der Waals surface area contributed by atoms with Crippen LogP contribution in [0.4, 0.5) is 11.5 Å². The lowest BCUT2D eigenvalue weighted by atomic mass is 10.1. The predicted octanol–water partition coefficient (Wildman–Crippen LogP) is 2.36. The molecule has 0 saturated carbocycles. The van der Waals surface area contributed by atoms with Crippen LogP contribution in [0.1, 0.15) is 34.3 Å². The van der Waals surface area contributed by atoms with E-state index in [1.807, 2.05) is 36.1 Å². The van der Waals surface area contributed by atoms with Crippen LogP contribution >= 0.6 is 0 Å². The molecule has 0 radical (unpaired) electrons. The molecule has 10 nitrogen and oxygen atoms in total. The number of aromatic nitrogens is 3. The van der Waals surface area contributed by atoms with Gasteiger partial charge in [-0.25, -0.2) is 10.1 Å². The summed E-state index contributed by atoms with van der Waals surface area (Å²) in [6.45, 7) is 5.65. The number of pyridine rings is 1. The van der Waals surface area contributed by atoms with E-state index in [-0.39, 0.29) is 17.5 Å². The van der Waals surface area contributed by atoms with Crippen molar-refractivity contribution < 1.29 is 9.53 Å². The second kappa shape index (κ2) is 10.7. The summed E-state index contributed by atoms with van der Waals surface area (Å²) in [7, 11) is 0. The molecule has 1 amide bonds. The number of anilines is 2. The number of nitrogens with zero attached hydrogens (tertiary/aromatic N) is 6. The summed E-state index contributed by atoms with van der Waals surface area (Å²) < 4.78 is 6.13. The number of aromatic amines is 1. The van der Waals surface area contributed by atoms with Crippen molar-refractivity contribution in [2.45, 2.75) is 25.8 Å². The van der Waals surface area contributed by atoms with E-state index in [1.54, 1.807) is 24.5 Å². The maximum Gasteiger partial charge on any atom is 0.269 e. The van der Waals surface area contributed by atoms with Crippen LogP contribution in [0.2, 0.25) is 0 Å². The van der Waals surface area contributed by atoms with E-state index in [0.717, 1.165) is 30.9 Å². The molecule has 190 valence electrons. The van der Waals surface area contributed by atoms with Gasteiger partial charge < -0.3 is 19.4 Å². The molecule has 2 aliphatic rings. The molecular formula is C27H29N7O3. The molecule has 3 aromatic rings. The van der Waals surface area contributed by atoms with Crippen LogP contribution in [-0.2, 0) is 0 Å². The number of rotatable bonds is 6. The third-order valence-corrected chi connectivity index (χ3v) is 7.06. The van der Waals surface area contributed by atoms with Gasteiger partial charge in [-0.3, -0.25) is 9.59 Å². The Morgan fingerprint density at radius 1 is 1.16 bits per heavy atom. The monoisotopic (exact) mass is 499 g/mol. The lowest BCUT2D eigenvalue weighted by Crippen LogP contribution is -2.49. The molecule has 0 spiro atoms. The normalized spacial score (nSPS) is 17.5. The number of nitriles is 1. The summed E-state index contributed by atoms with van der Waals surface area (Å²) in [6.07, 6.45) is 5.25. The fraction of sp³-hybridized carbons (Fsp3) is 0.370. The molecule has 1 unspecified atom stereocenters. The van der Waals surface area contributed by atoms with E-state index < -0.39 is 0 Å². The molecule has 0 aliphatic carbocycles. The maximum absolute atomic E-state index is 13.2. The Morgan fingerprint density at radius 3 is 2.76 bits per heavy atom. The van der Waals surface area contributed by atoms with Crippen molar-refractivity contribution in [3.05, 3.63) is 75.8 Å². The van der Waals surface area contributed by atoms with Crippen molar-refractivity contribution in [2.24, 2.45) is 0 Å². The zero-order valence-electron chi connectivity index (χ0n) is 20.8. The molecule has 10 heteroatoms. The van der Waals surface area contributed by atoms with Crippen molar-refractivity contribution in [3.63, 3.8) is 0 Å². The first kappa shape index (κ1) is 24.3. The number of benzene rings is 1. The summed E-state index contributed by atoms with van der Waals surface area (Å²) in [5, 5.41) is 15.4. The molecule has 5 rings (SSSR count). The molecule has 2 aliphatic heterocycles. The molecule has 2 saturated heterocycles. The average molecular weight is 500 g/mol. The molecule has 0 bridgehead atoms. The number of ether oxygens (including phenoxy) is 1. The van der Waals surface area contributed by atoms with Crippen LogP contribution in [-0.4, -0.2) is 71.4 Å². The number of amides is 1. The first-order chi connectivity index (χ1) is 18.0. The van der Waals surface area contributed by atoms with Crippen LogP contribution < -0.4 is 20.1 Å². The highest BCUT2D eigenvalue weighted by molar-refractivity contribution is 5.94. The van der Waals surface area contributed by atoms with Gasteiger partial charge in [0.2, 0.25) is 0 Å². The number of piperazine rings is 1.